The second-order valence-electron chi connectivity index (χ2n) is 6.71. The first-order valence-corrected chi connectivity index (χ1v) is 12.2. The molecule has 0 radical (unpaired) electrons. The molecule has 1 aliphatic heterocycles. The van der Waals surface area contributed by atoms with Gasteiger partial charge in [-0.3, -0.25) is 4.79 Å². The average Bonchev–Trinajstić information content (AvgIpc) is 3.26. The van der Waals surface area contributed by atoms with Crippen molar-refractivity contribution in [2.24, 2.45) is 5.92 Å². The van der Waals surface area contributed by atoms with Crippen LogP contribution < -0.4 is 5.32 Å². The van der Waals surface area contributed by atoms with Crippen molar-refractivity contribution in [2.45, 2.75) is 29.8 Å². The maximum atomic E-state index is 12.8. The molecule has 1 amide bonds. The molecule has 10 heteroatoms. The number of anilines is 1. The zero-order valence-corrected chi connectivity index (χ0v) is 18.4. The maximum Gasteiger partial charge on any atom is 0.374 e. The number of amides is 1. The summed E-state index contributed by atoms with van der Waals surface area (Å²) in [7, 11) is -3.88. The fourth-order valence-corrected chi connectivity index (χ4v) is 5.17. The van der Waals surface area contributed by atoms with Crippen LogP contribution in [0.4, 0.5) is 5.69 Å². The molecule has 0 unspecified atom stereocenters. The topological polar surface area (TPSA) is 106 Å². The number of para-hydroxylation sites is 1. The van der Waals surface area contributed by atoms with Crippen LogP contribution in [0.1, 0.15) is 30.3 Å². The Bertz CT molecular complexity index is 1010. The number of nitrogens with one attached hydrogen (secondary N) is 1. The molecule has 162 valence electrons. The molecule has 1 saturated heterocycles. The number of carbonyl (C=O) groups is 2. The highest BCUT2D eigenvalue weighted by atomic mass is 32.2. The highest BCUT2D eigenvalue weighted by molar-refractivity contribution is 7.98. The average molecular weight is 453 g/mol. The summed E-state index contributed by atoms with van der Waals surface area (Å²) in [6, 6.07) is 10.1. The van der Waals surface area contributed by atoms with Crippen LogP contribution in [0.2, 0.25) is 0 Å². The summed E-state index contributed by atoms with van der Waals surface area (Å²) in [5.41, 5.74) is 0.757. The number of carbonyl (C=O) groups excluding carboxylic acids is 2. The molecule has 0 aliphatic carbocycles. The van der Waals surface area contributed by atoms with Gasteiger partial charge in [0.1, 0.15) is 0 Å². The van der Waals surface area contributed by atoms with Crippen molar-refractivity contribution < 1.29 is 27.2 Å². The van der Waals surface area contributed by atoms with E-state index in [0.717, 1.165) is 10.6 Å². The second-order valence-corrected chi connectivity index (χ2v) is 9.42. The Morgan fingerprint density at radius 1 is 1.20 bits per heavy atom. The van der Waals surface area contributed by atoms with Crippen molar-refractivity contribution in [3.05, 3.63) is 42.2 Å². The Balaban J connectivity index is 1.62. The summed E-state index contributed by atoms with van der Waals surface area (Å²) in [6.07, 6.45) is 2.74. The minimum atomic E-state index is -3.88. The minimum absolute atomic E-state index is 0.115. The number of nitrogens with zero attached hydrogens (tertiary/aromatic N) is 1. The highest BCUT2D eigenvalue weighted by Crippen LogP contribution is 2.28. The number of rotatable bonds is 7. The molecule has 2 heterocycles. The van der Waals surface area contributed by atoms with Gasteiger partial charge in [0.05, 0.1) is 12.3 Å². The quantitative estimate of drug-likeness (QED) is 0.508. The minimum Gasteiger partial charge on any atom is -0.460 e. The summed E-state index contributed by atoms with van der Waals surface area (Å²) in [6.45, 7) is 2.21. The first-order valence-electron chi connectivity index (χ1n) is 9.57. The third-order valence-corrected chi connectivity index (χ3v) is 7.41. The number of hydrogen-bond donors (Lipinski definition) is 1. The van der Waals surface area contributed by atoms with Crippen molar-refractivity contribution in [3.63, 3.8) is 0 Å². The molecule has 1 aromatic heterocycles. The molecule has 8 nitrogen and oxygen atoms in total. The third kappa shape index (κ3) is 4.88. The maximum absolute atomic E-state index is 12.8. The van der Waals surface area contributed by atoms with Crippen molar-refractivity contribution >= 4 is 39.3 Å². The van der Waals surface area contributed by atoms with E-state index in [9.17, 15) is 18.0 Å². The summed E-state index contributed by atoms with van der Waals surface area (Å²) in [5.74, 6) is -1.26. The fourth-order valence-electron chi connectivity index (χ4n) is 3.24. The van der Waals surface area contributed by atoms with Crippen LogP contribution in [0.5, 0.6) is 0 Å². The number of esters is 1. The Hall–Kier alpha value is -2.30. The van der Waals surface area contributed by atoms with Gasteiger partial charge in [0.25, 0.3) is 10.0 Å². The predicted octanol–water partition coefficient (Wildman–Crippen LogP) is 3.22. The molecule has 0 saturated carbocycles. The fraction of sp³-hybridized carbons (Fsp3) is 0.400. The van der Waals surface area contributed by atoms with E-state index < -0.39 is 16.0 Å². The van der Waals surface area contributed by atoms with Gasteiger partial charge < -0.3 is 14.5 Å². The molecule has 30 heavy (non-hydrogen) atoms. The largest absolute Gasteiger partial charge is 0.460 e. The molecule has 2 aromatic rings. The molecule has 0 bridgehead atoms. The lowest BCUT2D eigenvalue weighted by molar-refractivity contribution is -0.120. The van der Waals surface area contributed by atoms with E-state index in [1.54, 1.807) is 18.7 Å². The van der Waals surface area contributed by atoms with E-state index >= 15 is 0 Å². The van der Waals surface area contributed by atoms with Crippen molar-refractivity contribution in [1.29, 1.82) is 0 Å². The van der Waals surface area contributed by atoms with E-state index in [1.807, 2.05) is 30.5 Å². The van der Waals surface area contributed by atoms with Gasteiger partial charge >= 0.3 is 5.97 Å². The van der Waals surface area contributed by atoms with Gasteiger partial charge in [-0.15, -0.1) is 11.8 Å². The number of benzene rings is 1. The van der Waals surface area contributed by atoms with Crippen LogP contribution in [-0.2, 0) is 19.6 Å². The number of sulfonamides is 1. The zero-order chi connectivity index (χ0) is 21.7. The Morgan fingerprint density at radius 3 is 2.57 bits per heavy atom. The highest BCUT2D eigenvalue weighted by Gasteiger charge is 2.34. The summed E-state index contributed by atoms with van der Waals surface area (Å²) in [5, 5.41) is 2.64. The van der Waals surface area contributed by atoms with Crippen molar-refractivity contribution in [1.82, 2.24) is 4.31 Å². The monoisotopic (exact) mass is 452 g/mol. The standard InChI is InChI=1S/C20H24N2O6S2/c1-3-27-20(24)16-8-9-18(28-16)30(25,26)22-12-10-14(11-13-22)19(23)21-15-6-4-5-7-17(15)29-2/h4-9,14H,3,10-13H2,1-2H3,(H,21,23). The van der Waals surface area contributed by atoms with E-state index in [-0.39, 0.29) is 42.4 Å². The second kappa shape index (κ2) is 9.67. The van der Waals surface area contributed by atoms with Gasteiger partial charge in [-0.2, -0.15) is 4.31 Å². The lowest BCUT2D eigenvalue weighted by Gasteiger charge is -2.29. The van der Waals surface area contributed by atoms with Gasteiger partial charge in [-0.1, -0.05) is 12.1 Å². The van der Waals surface area contributed by atoms with Crippen LogP contribution in [0.25, 0.3) is 0 Å². The molecular weight excluding hydrogens is 428 g/mol. The number of hydrogen-bond acceptors (Lipinski definition) is 7. The third-order valence-electron chi connectivity index (χ3n) is 4.84. The number of furan rings is 1. The zero-order valence-electron chi connectivity index (χ0n) is 16.8. The summed E-state index contributed by atoms with van der Waals surface area (Å²) in [4.78, 5) is 25.3. The van der Waals surface area contributed by atoms with Gasteiger partial charge in [0.15, 0.2) is 0 Å². The predicted molar refractivity (Wildman–Crippen MR) is 113 cm³/mol. The Labute approximate surface area is 180 Å². The SMILES string of the molecule is CCOC(=O)c1ccc(S(=O)(=O)N2CCC(C(=O)Nc3ccccc3SC)CC2)o1. The normalized spacial score (nSPS) is 15.7. The van der Waals surface area contributed by atoms with E-state index in [4.69, 9.17) is 9.15 Å². The van der Waals surface area contributed by atoms with Gasteiger partial charge in [-0.05, 0) is 50.3 Å². The molecule has 3 rings (SSSR count). The van der Waals surface area contributed by atoms with E-state index in [1.165, 1.54) is 16.4 Å². The molecule has 0 spiro atoms. The number of thioether (sulfide) groups is 1. The lowest BCUT2D eigenvalue weighted by Crippen LogP contribution is -2.41. The van der Waals surface area contributed by atoms with Crippen LogP contribution in [0.15, 0.2) is 50.8 Å². The first kappa shape index (κ1) is 22.4. The summed E-state index contributed by atoms with van der Waals surface area (Å²) < 4.78 is 36.9. The van der Waals surface area contributed by atoms with E-state index in [2.05, 4.69) is 5.32 Å². The number of ether oxygens (including phenoxy) is 1. The molecule has 1 N–H and O–H groups in total. The number of piperidine rings is 1. The smallest absolute Gasteiger partial charge is 0.374 e. The Kier molecular flexibility index (Phi) is 7.22. The summed E-state index contributed by atoms with van der Waals surface area (Å²) >= 11 is 1.55. The van der Waals surface area contributed by atoms with Crippen molar-refractivity contribution in [3.8, 4) is 0 Å². The molecule has 1 aromatic carbocycles. The van der Waals surface area contributed by atoms with Crippen LogP contribution in [0, 0.1) is 5.92 Å². The first-order chi connectivity index (χ1) is 14.4. The van der Waals surface area contributed by atoms with Gasteiger partial charge in [-0.25, -0.2) is 13.2 Å². The van der Waals surface area contributed by atoms with Gasteiger partial charge in [0, 0.05) is 23.9 Å². The Morgan fingerprint density at radius 2 is 1.90 bits per heavy atom. The van der Waals surface area contributed by atoms with Crippen LogP contribution in [-0.4, -0.2) is 50.6 Å². The van der Waals surface area contributed by atoms with Gasteiger partial charge in [0.2, 0.25) is 16.8 Å². The lowest BCUT2D eigenvalue weighted by atomic mass is 9.97. The van der Waals surface area contributed by atoms with Crippen molar-refractivity contribution in [2.75, 3.05) is 31.3 Å². The molecule has 0 atom stereocenters. The molecule has 1 fully saturated rings. The van der Waals surface area contributed by atoms with Crippen LogP contribution >= 0.6 is 11.8 Å². The molecular formula is C20H24N2O6S2. The van der Waals surface area contributed by atoms with Crippen LogP contribution in [0.3, 0.4) is 0 Å². The van der Waals surface area contributed by atoms with E-state index in [0.29, 0.717) is 12.8 Å². The molecule has 1 aliphatic rings.